The van der Waals surface area contributed by atoms with Gasteiger partial charge in [0, 0.05) is 49.1 Å². The number of fused-ring (bicyclic) bond motifs is 2. The Balaban J connectivity index is 1.46. The van der Waals surface area contributed by atoms with Crippen molar-refractivity contribution in [2.45, 2.75) is 57.4 Å². The Morgan fingerprint density at radius 1 is 1.14 bits per heavy atom. The highest BCUT2D eigenvalue weighted by Gasteiger charge is 2.51. The van der Waals surface area contributed by atoms with Gasteiger partial charge in [-0.3, -0.25) is 9.59 Å². The van der Waals surface area contributed by atoms with Crippen molar-refractivity contribution in [3.63, 3.8) is 0 Å². The first-order valence-electron chi connectivity index (χ1n) is 12.7. The van der Waals surface area contributed by atoms with Gasteiger partial charge in [0.2, 0.25) is 0 Å². The predicted octanol–water partition coefficient (Wildman–Crippen LogP) is 4.53. The molecule has 2 fully saturated rings. The molecule has 8 heteroatoms. The Labute approximate surface area is 210 Å². The molecule has 1 saturated heterocycles. The fourth-order valence-electron chi connectivity index (χ4n) is 5.41. The van der Waals surface area contributed by atoms with Gasteiger partial charge in [0.1, 0.15) is 17.2 Å². The van der Waals surface area contributed by atoms with Crippen molar-refractivity contribution in [3.8, 4) is 17.2 Å². The molecule has 6 rings (SSSR count). The second kappa shape index (κ2) is 8.55. The minimum atomic E-state index is -1.05. The molecule has 2 aliphatic heterocycles. The van der Waals surface area contributed by atoms with Crippen LogP contribution >= 0.6 is 0 Å². The molecule has 1 saturated carbocycles. The van der Waals surface area contributed by atoms with Crippen LogP contribution in [0.3, 0.4) is 0 Å². The van der Waals surface area contributed by atoms with E-state index in [1.54, 1.807) is 25.3 Å². The second-order valence-electron chi connectivity index (χ2n) is 10.1. The molecule has 2 aromatic carbocycles. The molecule has 0 atom stereocenters. The smallest absolute Gasteiger partial charge is 0.267 e. The Bertz CT molecular complexity index is 1350. The molecule has 1 N–H and O–H groups in total. The molecule has 2 amide bonds. The van der Waals surface area contributed by atoms with Crippen molar-refractivity contribution in [2.75, 3.05) is 20.2 Å². The van der Waals surface area contributed by atoms with Gasteiger partial charge in [-0.25, -0.2) is 4.90 Å². The van der Waals surface area contributed by atoms with E-state index in [9.17, 15) is 9.59 Å². The summed E-state index contributed by atoms with van der Waals surface area (Å²) >= 11 is 0. The minimum Gasteiger partial charge on any atom is -0.496 e. The number of amides is 2. The van der Waals surface area contributed by atoms with Gasteiger partial charge in [0.15, 0.2) is 5.72 Å². The van der Waals surface area contributed by atoms with E-state index in [1.165, 1.54) is 4.90 Å². The highest BCUT2D eigenvalue weighted by atomic mass is 16.5. The lowest BCUT2D eigenvalue weighted by atomic mass is 9.94. The van der Waals surface area contributed by atoms with Crippen LogP contribution in [-0.4, -0.2) is 53.3 Å². The number of carbonyl (C=O) groups is 2. The fraction of sp³-hybridized carbons (Fsp3) is 0.429. The van der Waals surface area contributed by atoms with Gasteiger partial charge >= 0.3 is 0 Å². The van der Waals surface area contributed by atoms with Crippen LogP contribution in [0.1, 0.15) is 66.3 Å². The largest absolute Gasteiger partial charge is 0.496 e. The molecule has 188 valence electrons. The Kier molecular flexibility index (Phi) is 5.44. The summed E-state index contributed by atoms with van der Waals surface area (Å²) in [6.45, 7) is 5.15. The summed E-state index contributed by atoms with van der Waals surface area (Å²) in [6.07, 6.45) is 5.26. The van der Waals surface area contributed by atoms with Crippen LogP contribution in [0.5, 0.6) is 17.2 Å². The lowest BCUT2D eigenvalue weighted by molar-refractivity contribution is -0.0777. The summed E-state index contributed by atoms with van der Waals surface area (Å²) in [6, 6.07) is 11.3. The number of hydrogen-bond donors (Lipinski definition) is 1. The summed E-state index contributed by atoms with van der Waals surface area (Å²) in [4.78, 5) is 29.5. The molecule has 3 aromatic rings. The van der Waals surface area contributed by atoms with Gasteiger partial charge in [-0.2, -0.15) is 0 Å². The number of benzene rings is 2. The molecular weight excluding hydrogens is 458 g/mol. The zero-order valence-electron chi connectivity index (χ0n) is 20.9. The van der Waals surface area contributed by atoms with Gasteiger partial charge in [0.05, 0.1) is 24.3 Å². The van der Waals surface area contributed by atoms with Crippen LogP contribution in [0, 0.1) is 0 Å². The third-order valence-electron chi connectivity index (χ3n) is 7.26. The van der Waals surface area contributed by atoms with Crippen molar-refractivity contribution in [2.24, 2.45) is 0 Å². The van der Waals surface area contributed by atoms with E-state index < -0.39 is 5.72 Å². The average molecular weight is 490 g/mol. The van der Waals surface area contributed by atoms with Crippen molar-refractivity contribution >= 4 is 22.7 Å². The second-order valence-corrected chi connectivity index (χ2v) is 10.1. The number of ether oxygens (including phenoxy) is 3. The van der Waals surface area contributed by atoms with E-state index in [-0.39, 0.29) is 17.9 Å². The quantitative estimate of drug-likeness (QED) is 0.531. The zero-order valence-corrected chi connectivity index (χ0v) is 20.9. The van der Waals surface area contributed by atoms with E-state index >= 15 is 0 Å². The summed E-state index contributed by atoms with van der Waals surface area (Å²) in [5.74, 6) is 0.922. The maximum atomic E-state index is 14.2. The third-order valence-corrected chi connectivity index (χ3v) is 7.26. The van der Waals surface area contributed by atoms with E-state index in [0.29, 0.717) is 60.3 Å². The maximum absolute atomic E-state index is 14.2. The highest BCUT2D eigenvalue weighted by molar-refractivity contribution is 6.14. The Hall–Kier alpha value is -3.52. The lowest BCUT2D eigenvalue weighted by Gasteiger charge is -2.47. The van der Waals surface area contributed by atoms with Crippen molar-refractivity contribution in [3.05, 3.63) is 53.7 Å². The minimum absolute atomic E-state index is 0.0435. The molecule has 0 radical (unpaired) electrons. The Morgan fingerprint density at radius 2 is 1.92 bits per heavy atom. The standard InChI is InChI=1S/C28H31N3O5/c1-17(2)35-20-6-7-24-22(16-20)27(33)31(28(36-24)9-11-29-12-10-28)26(32)18-14-23-21(25(15-18)34-3)8-13-30(23)19-4-5-19/h6-8,13-17,19,29H,4-5,9-12H2,1-3H3. The molecular formula is C28H31N3O5. The van der Waals surface area contributed by atoms with Crippen LogP contribution in [0.4, 0.5) is 0 Å². The monoisotopic (exact) mass is 489 g/mol. The number of nitrogens with one attached hydrogen (secondary N) is 1. The molecule has 3 heterocycles. The van der Waals surface area contributed by atoms with Crippen LogP contribution < -0.4 is 19.5 Å². The van der Waals surface area contributed by atoms with E-state index in [1.807, 2.05) is 32.0 Å². The average Bonchev–Trinajstić information content (AvgIpc) is 3.62. The summed E-state index contributed by atoms with van der Waals surface area (Å²) in [7, 11) is 1.60. The summed E-state index contributed by atoms with van der Waals surface area (Å²) in [5, 5.41) is 4.28. The van der Waals surface area contributed by atoms with Gasteiger partial charge in [-0.05, 0) is 63.1 Å². The normalized spacial score (nSPS) is 18.9. The number of nitrogens with zero attached hydrogens (tertiary/aromatic N) is 2. The van der Waals surface area contributed by atoms with E-state index in [2.05, 4.69) is 16.1 Å². The topological polar surface area (TPSA) is 82.0 Å². The first-order valence-corrected chi connectivity index (χ1v) is 12.7. The summed E-state index contributed by atoms with van der Waals surface area (Å²) < 4.78 is 20.2. The number of rotatable bonds is 5. The molecule has 3 aliphatic rings. The van der Waals surface area contributed by atoms with Gasteiger partial charge in [-0.15, -0.1) is 0 Å². The predicted molar refractivity (Wildman–Crippen MR) is 135 cm³/mol. The third kappa shape index (κ3) is 3.71. The highest BCUT2D eigenvalue weighted by Crippen LogP contribution is 2.43. The molecule has 0 unspecified atom stereocenters. The maximum Gasteiger partial charge on any atom is 0.267 e. The van der Waals surface area contributed by atoms with Crippen LogP contribution in [-0.2, 0) is 0 Å². The number of carbonyl (C=O) groups excluding carboxylic acids is 2. The van der Waals surface area contributed by atoms with Gasteiger partial charge < -0.3 is 24.1 Å². The molecule has 36 heavy (non-hydrogen) atoms. The van der Waals surface area contributed by atoms with Crippen LogP contribution in [0.2, 0.25) is 0 Å². The van der Waals surface area contributed by atoms with Gasteiger partial charge in [0.25, 0.3) is 11.8 Å². The molecule has 1 spiro atoms. The molecule has 8 nitrogen and oxygen atoms in total. The lowest BCUT2D eigenvalue weighted by Crippen LogP contribution is -2.64. The van der Waals surface area contributed by atoms with E-state index in [0.717, 1.165) is 23.7 Å². The first kappa shape index (κ1) is 22.9. The van der Waals surface area contributed by atoms with Crippen molar-refractivity contribution in [1.29, 1.82) is 0 Å². The first-order chi connectivity index (χ1) is 17.4. The number of hydrogen-bond acceptors (Lipinski definition) is 6. The molecule has 1 aliphatic carbocycles. The Morgan fingerprint density at radius 3 is 2.61 bits per heavy atom. The number of methoxy groups -OCH3 is 1. The SMILES string of the molecule is COc1cc(C(=O)N2C(=O)c3cc(OC(C)C)ccc3OC23CCNCC3)cc2c1ccn2C1CC1. The molecule has 1 aromatic heterocycles. The van der Waals surface area contributed by atoms with Crippen molar-refractivity contribution < 1.29 is 23.8 Å². The van der Waals surface area contributed by atoms with Gasteiger partial charge in [-0.1, -0.05) is 0 Å². The number of piperidine rings is 1. The van der Waals surface area contributed by atoms with Crippen molar-refractivity contribution in [1.82, 2.24) is 14.8 Å². The fourth-order valence-corrected chi connectivity index (χ4v) is 5.41. The summed E-state index contributed by atoms with van der Waals surface area (Å²) in [5.41, 5.74) is 0.638. The number of imide groups is 1. The van der Waals surface area contributed by atoms with Crippen LogP contribution in [0.15, 0.2) is 42.6 Å². The number of aromatic nitrogens is 1. The van der Waals surface area contributed by atoms with E-state index in [4.69, 9.17) is 14.2 Å². The zero-order chi connectivity index (χ0) is 25.0. The molecule has 0 bridgehead atoms. The van der Waals surface area contributed by atoms with Crippen LogP contribution in [0.25, 0.3) is 10.9 Å².